The second-order valence-electron chi connectivity index (χ2n) is 4.77. The Hall–Kier alpha value is -1.14. The molecule has 0 radical (unpaired) electrons. The maximum absolute atomic E-state index is 11.6. The van der Waals surface area contributed by atoms with Crippen LogP contribution in [-0.2, 0) is 23.8 Å². The van der Waals surface area contributed by atoms with E-state index in [0.717, 1.165) is 32.4 Å². The van der Waals surface area contributed by atoms with E-state index in [1.165, 1.54) is 7.11 Å². The number of unbranched alkanes of at least 4 members (excludes halogenated alkanes) is 2. The highest BCUT2D eigenvalue weighted by atomic mass is 16.5. The molecule has 0 aromatic carbocycles. The van der Waals surface area contributed by atoms with Crippen molar-refractivity contribution in [3.8, 4) is 0 Å². The van der Waals surface area contributed by atoms with E-state index in [1.54, 1.807) is 0 Å². The Kier molecular flexibility index (Phi) is 8.22. The lowest BCUT2D eigenvalue weighted by Crippen LogP contribution is -2.50. The first-order chi connectivity index (χ1) is 9.69. The molecule has 116 valence electrons. The second-order valence-corrected chi connectivity index (χ2v) is 4.77. The zero-order valence-electron chi connectivity index (χ0n) is 12.4. The number of morpholine rings is 1. The van der Waals surface area contributed by atoms with Crippen molar-refractivity contribution in [1.82, 2.24) is 4.90 Å². The third-order valence-corrected chi connectivity index (χ3v) is 3.34. The van der Waals surface area contributed by atoms with Crippen molar-refractivity contribution in [2.45, 2.75) is 38.6 Å². The molecule has 1 aliphatic rings. The average molecular weight is 287 g/mol. The highest BCUT2D eigenvalue weighted by Gasteiger charge is 2.29. The van der Waals surface area contributed by atoms with E-state index in [-0.39, 0.29) is 18.0 Å². The standard InChI is InChI=1S/C14H25NO5/c1-3-20-13(16)7-5-4-6-8-15-9-10-19-11-12(15)14(17)18-2/h12H,3-11H2,1-2H3. The monoisotopic (exact) mass is 287 g/mol. The van der Waals surface area contributed by atoms with Gasteiger partial charge in [-0.05, 0) is 26.3 Å². The van der Waals surface area contributed by atoms with Gasteiger partial charge in [-0.15, -0.1) is 0 Å². The highest BCUT2D eigenvalue weighted by Crippen LogP contribution is 2.11. The summed E-state index contributed by atoms with van der Waals surface area (Å²) in [6.45, 7) is 4.87. The molecule has 1 saturated heterocycles. The van der Waals surface area contributed by atoms with E-state index in [1.807, 2.05) is 6.92 Å². The summed E-state index contributed by atoms with van der Waals surface area (Å²) in [6.07, 6.45) is 3.19. The fourth-order valence-corrected chi connectivity index (χ4v) is 2.25. The number of hydrogen-bond donors (Lipinski definition) is 0. The molecule has 0 spiro atoms. The van der Waals surface area contributed by atoms with Gasteiger partial charge >= 0.3 is 11.9 Å². The molecule has 6 nitrogen and oxygen atoms in total. The Morgan fingerprint density at radius 1 is 1.30 bits per heavy atom. The molecule has 1 unspecified atom stereocenters. The number of nitrogens with zero attached hydrogens (tertiary/aromatic N) is 1. The molecule has 1 atom stereocenters. The van der Waals surface area contributed by atoms with E-state index in [9.17, 15) is 9.59 Å². The first kappa shape index (κ1) is 16.9. The third kappa shape index (κ3) is 5.88. The van der Waals surface area contributed by atoms with Gasteiger partial charge in [-0.1, -0.05) is 6.42 Å². The Bertz CT molecular complexity index is 308. The van der Waals surface area contributed by atoms with E-state index < -0.39 is 0 Å². The molecule has 0 saturated carbocycles. The van der Waals surface area contributed by atoms with E-state index in [2.05, 4.69) is 4.90 Å². The maximum Gasteiger partial charge on any atom is 0.325 e. The summed E-state index contributed by atoms with van der Waals surface area (Å²) in [5.74, 6) is -0.373. The van der Waals surface area contributed by atoms with Crippen molar-refractivity contribution in [2.24, 2.45) is 0 Å². The lowest BCUT2D eigenvalue weighted by atomic mass is 10.1. The molecule has 0 aromatic rings. The van der Waals surface area contributed by atoms with E-state index >= 15 is 0 Å². The second kappa shape index (κ2) is 9.72. The predicted molar refractivity (Wildman–Crippen MR) is 73.3 cm³/mol. The van der Waals surface area contributed by atoms with Crippen LogP contribution in [0.4, 0.5) is 0 Å². The van der Waals surface area contributed by atoms with E-state index in [0.29, 0.717) is 26.2 Å². The zero-order chi connectivity index (χ0) is 14.8. The number of carbonyl (C=O) groups is 2. The third-order valence-electron chi connectivity index (χ3n) is 3.34. The Balaban J connectivity index is 2.19. The Morgan fingerprint density at radius 2 is 2.10 bits per heavy atom. The fourth-order valence-electron chi connectivity index (χ4n) is 2.25. The maximum atomic E-state index is 11.6. The Morgan fingerprint density at radius 3 is 2.80 bits per heavy atom. The molecule has 0 amide bonds. The molecule has 20 heavy (non-hydrogen) atoms. The highest BCUT2D eigenvalue weighted by molar-refractivity contribution is 5.75. The van der Waals surface area contributed by atoms with E-state index in [4.69, 9.17) is 14.2 Å². The zero-order valence-corrected chi connectivity index (χ0v) is 12.4. The van der Waals surface area contributed by atoms with Crippen LogP contribution in [0.1, 0.15) is 32.6 Å². The van der Waals surface area contributed by atoms with Gasteiger partial charge in [0.2, 0.25) is 0 Å². The molecular formula is C14H25NO5. The summed E-state index contributed by atoms with van der Waals surface area (Å²) in [5, 5.41) is 0. The number of esters is 2. The number of ether oxygens (including phenoxy) is 3. The van der Waals surface area contributed by atoms with Gasteiger partial charge in [-0.2, -0.15) is 0 Å². The smallest absolute Gasteiger partial charge is 0.325 e. The first-order valence-corrected chi connectivity index (χ1v) is 7.24. The van der Waals surface area contributed by atoms with Crippen LogP contribution in [0.5, 0.6) is 0 Å². The SMILES string of the molecule is CCOC(=O)CCCCCN1CCOCC1C(=O)OC. The average Bonchev–Trinajstić information content (AvgIpc) is 2.47. The molecule has 0 aliphatic carbocycles. The number of rotatable bonds is 8. The molecule has 0 bridgehead atoms. The fraction of sp³-hybridized carbons (Fsp3) is 0.857. The van der Waals surface area contributed by atoms with Crippen molar-refractivity contribution in [3.05, 3.63) is 0 Å². The van der Waals surface area contributed by atoms with Gasteiger partial charge in [0.25, 0.3) is 0 Å². The molecule has 0 N–H and O–H groups in total. The van der Waals surface area contributed by atoms with Gasteiger partial charge in [0.15, 0.2) is 0 Å². The summed E-state index contributed by atoms with van der Waals surface area (Å²) >= 11 is 0. The van der Waals surface area contributed by atoms with Crippen LogP contribution in [-0.4, -0.2) is 62.9 Å². The van der Waals surface area contributed by atoms with Crippen molar-refractivity contribution in [1.29, 1.82) is 0 Å². The van der Waals surface area contributed by atoms with Crippen LogP contribution in [0, 0.1) is 0 Å². The van der Waals surface area contributed by atoms with Crippen molar-refractivity contribution in [2.75, 3.05) is 40.0 Å². The van der Waals surface area contributed by atoms with Crippen molar-refractivity contribution >= 4 is 11.9 Å². The molecule has 6 heteroatoms. The molecule has 1 fully saturated rings. The summed E-state index contributed by atoms with van der Waals surface area (Å²) < 4.78 is 15.0. The van der Waals surface area contributed by atoms with Crippen LogP contribution in [0.3, 0.4) is 0 Å². The van der Waals surface area contributed by atoms with Gasteiger partial charge in [-0.3, -0.25) is 14.5 Å². The summed E-state index contributed by atoms with van der Waals surface area (Å²) in [6, 6.07) is -0.293. The van der Waals surface area contributed by atoms with Crippen molar-refractivity contribution in [3.63, 3.8) is 0 Å². The normalized spacial score (nSPS) is 19.6. The Labute approximate surface area is 120 Å². The lowest BCUT2D eigenvalue weighted by Gasteiger charge is -2.33. The predicted octanol–water partition coefficient (Wildman–Crippen LogP) is 0.984. The first-order valence-electron chi connectivity index (χ1n) is 7.24. The lowest BCUT2D eigenvalue weighted by molar-refractivity contribution is -0.153. The molecular weight excluding hydrogens is 262 g/mol. The largest absolute Gasteiger partial charge is 0.468 e. The van der Waals surface area contributed by atoms with Gasteiger partial charge in [-0.25, -0.2) is 0 Å². The topological polar surface area (TPSA) is 65.1 Å². The van der Waals surface area contributed by atoms with Crippen LogP contribution >= 0.6 is 0 Å². The van der Waals surface area contributed by atoms with Crippen LogP contribution in [0.15, 0.2) is 0 Å². The summed E-state index contributed by atoms with van der Waals surface area (Å²) in [7, 11) is 1.40. The van der Waals surface area contributed by atoms with Gasteiger partial charge in [0.1, 0.15) is 6.04 Å². The molecule has 1 heterocycles. The number of methoxy groups -OCH3 is 1. The minimum absolute atomic E-state index is 0.133. The molecule has 1 rings (SSSR count). The van der Waals surface area contributed by atoms with Crippen LogP contribution < -0.4 is 0 Å². The van der Waals surface area contributed by atoms with Crippen LogP contribution in [0.25, 0.3) is 0 Å². The van der Waals surface area contributed by atoms with Gasteiger partial charge in [0.05, 0.1) is 26.9 Å². The van der Waals surface area contributed by atoms with Gasteiger partial charge < -0.3 is 14.2 Å². The quantitative estimate of drug-likeness (QED) is 0.490. The minimum atomic E-state index is -0.293. The summed E-state index contributed by atoms with van der Waals surface area (Å²) in [4.78, 5) is 24.9. The molecule has 0 aromatic heterocycles. The van der Waals surface area contributed by atoms with Gasteiger partial charge in [0, 0.05) is 13.0 Å². The number of carbonyl (C=O) groups excluding carboxylic acids is 2. The number of hydrogen-bond acceptors (Lipinski definition) is 6. The summed E-state index contributed by atoms with van der Waals surface area (Å²) in [5.41, 5.74) is 0. The van der Waals surface area contributed by atoms with Crippen LogP contribution in [0.2, 0.25) is 0 Å². The minimum Gasteiger partial charge on any atom is -0.468 e. The van der Waals surface area contributed by atoms with Crippen molar-refractivity contribution < 1.29 is 23.8 Å². The molecule has 1 aliphatic heterocycles.